The Kier molecular flexibility index (Phi) is 58.7. The SMILES string of the molecule is CCCCCCCCCN(CCCCCCCCC)CCN(CCCCCCCCC)CCC(CCC)CCNC=O.CCCCCCCCCNCCCCCCCCC. The number of nitrogens with one attached hydrogen (secondary N) is 2. The number of amides is 1. The molecule has 0 bridgehead atoms. The second kappa shape index (κ2) is 57.4. The van der Waals surface area contributed by atoms with Crippen molar-refractivity contribution in [2.75, 3.05) is 58.9 Å². The van der Waals surface area contributed by atoms with Gasteiger partial charge in [0.15, 0.2) is 0 Å². The number of unbranched alkanes of at least 4 members (excludes halogenated alkanes) is 30. The third kappa shape index (κ3) is 53.6. The van der Waals surface area contributed by atoms with Gasteiger partial charge < -0.3 is 20.4 Å². The van der Waals surface area contributed by atoms with Crippen molar-refractivity contribution in [3.8, 4) is 0 Å². The van der Waals surface area contributed by atoms with Crippen LogP contribution < -0.4 is 10.6 Å². The molecular formula is C56H118N4O. The molecular weight excluding hydrogens is 745 g/mol. The topological polar surface area (TPSA) is 47.6 Å². The molecule has 0 fully saturated rings. The molecule has 0 heterocycles. The highest BCUT2D eigenvalue weighted by Gasteiger charge is 2.14. The van der Waals surface area contributed by atoms with Crippen LogP contribution in [-0.4, -0.2) is 75.1 Å². The maximum Gasteiger partial charge on any atom is 0.207 e. The molecule has 1 atom stereocenters. The maximum absolute atomic E-state index is 10.8. The average molecular weight is 864 g/mol. The molecule has 0 spiro atoms. The van der Waals surface area contributed by atoms with E-state index in [1.54, 1.807) is 0 Å². The van der Waals surface area contributed by atoms with Crippen molar-refractivity contribution < 1.29 is 4.79 Å². The van der Waals surface area contributed by atoms with Crippen LogP contribution >= 0.6 is 0 Å². The normalized spacial score (nSPS) is 12.0. The van der Waals surface area contributed by atoms with Gasteiger partial charge in [-0.15, -0.1) is 0 Å². The van der Waals surface area contributed by atoms with Crippen molar-refractivity contribution >= 4 is 6.41 Å². The lowest BCUT2D eigenvalue weighted by Gasteiger charge is -2.29. The molecule has 0 rings (SSSR count). The fraction of sp³-hybridized carbons (Fsp3) is 0.982. The molecule has 0 saturated heterocycles. The highest BCUT2D eigenvalue weighted by atomic mass is 16.1. The smallest absolute Gasteiger partial charge is 0.207 e. The Labute approximate surface area is 387 Å². The molecule has 61 heavy (non-hydrogen) atoms. The van der Waals surface area contributed by atoms with Gasteiger partial charge in [0.25, 0.3) is 0 Å². The molecule has 0 aliphatic heterocycles. The van der Waals surface area contributed by atoms with Gasteiger partial charge in [-0.2, -0.15) is 0 Å². The summed E-state index contributed by atoms with van der Waals surface area (Å²) in [5.41, 5.74) is 0. The molecule has 0 aromatic rings. The largest absolute Gasteiger partial charge is 0.359 e. The fourth-order valence-electron chi connectivity index (χ4n) is 8.92. The van der Waals surface area contributed by atoms with Crippen molar-refractivity contribution in [2.45, 2.75) is 292 Å². The van der Waals surface area contributed by atoms with Gasteiger partial charge in [0.1, 0.15) is 0 Å². The summed E-state index contributed by atoms with van der Waals surface area (Å²) in [5, 5.41) is 6.49. The number of rotatable bonds is 52. The Morgan fingerprint density at radius 3 is 0.951 bits per heavy atom. The van der Waals surface area contributed by atoms with Gasteiger partial charge >= 0.3 is 0 Å². The summed E-state index contributed by atoms with van der Waals surface area (Å²) in [7, 11) is 0. The molecule has 368 valence electrons. The van der Waals surface area contributed by atoms with Gasteiger partial charge in [0.05, 0.1) is 0 Å². The third-order valence-electron chi connectivity index (χ3n) is 13.2. The highest BCUT2D eigenvalue weighted by molar-refractivity contribution is 5.45. The predicted molar refractivity (Wildman–Crippen MR) is 277 cm³/mol. The van der Waals surface area contributed by atoms with Crippen LogP contribution in [0.1, 0.15) is 292 Å². The van der Waals surface area contributed by atoms with Crippen molar-refractivity contribution in [2.24, 2.45) is 5.92 Å². The quantitative estimate of drug-likeness (QED) is 0.0472. The molecule has 1 amide bonds. The Hall–Kier alpha value is -0.650. The summed E-state index contributed by atoms with van der Waals surface area (Å²) in [6, 6.07) is 0. The molecule has 0 aliphatic carbocycles. The van der Waals surface area contributed by atoms with E-state index in [1.165, 1.54) is 296 Å². The predicted octanol–water partition coefficient (Wildman–Crippen LogP) is 16.9. The first-order valence-corrected chi connectivity index (χ1v) is 28.4. The van der Waals surface area contributed by atoms with E-state index >= 15 is 0 Å². The van der Waals surface area contributed by atoms with Crippen molar-refractivity contribution in [1.29, 1.82) is 0 Å². The van der Waals surface area contributed by atoms with Crippen LogP contribution in [0.15, 0.2) is 0 Å². The van der Waals surface area contributed by atoms with E-state index in [-0.39, 0.29) is 0 Å². The summed E-state index contributed by atoms with van der Waals surface area (Å²) >= 11 is 0. The van der Waals surface area contributed by atoms with Crippen LogP contribution in [0.3, 0.4) is 0 Å². The number of hydrogen-bond acceptors (Lipinski definition) is 4. The standard InChI is InChI=1S/C38H79N3O.C18H39N/c1-5-9-12-15-18-21-24-31-40(32-25-22-19-16-13-10-6-2)35-36-41(33-26-23-20-17-14-11-7-3)34-29-38(27-8-4)28-30-39-37-42;1-3-5-7-9-11-13-15-17-19-18-16-14-12-10-8-6-4-2/h37-38H,5-36H2,1-4H3,(H,39,42);19H,3-18H2,1-2H3. The molecule has 2 N–H and O–H groups in total. The summed E-state index contributed by atoms with van der Waals surface area (Å²) in [5.74, 6) is 0.732. The van der Waals surface area contributed by atoms with Crippen LogP contribution in [0.2, 0.25) is 0 Å². The molecule has 5 heteroatoms. The molecule has 0 aromatic heterocycles. The zero-order valence-corrected chi connectivity index (χ0v) is 43.4. The first-order chi connectivity index (χ1) is 30.1. The van der Waals surface area contributed by atoms with Gasteiger partial charge in [0.2, 0.25) is 6.41 Å². The number of carbonyl (C=O) groups is 1. The van der Waals surface area contributed by atoms with Crippen molar-refractivity contribution in [1.82, 2.24) is 20.4 Å². The van der Waals surface area contributed by atoms with Gasteiger partial charge in [-0.1, -0.05) is 247 Å². The summed E-state index contributed by atoms with van der Waals surface area (Å²) in [4.78, 5) is 16.4. The highest BCUT2D eigenvalue weighted by Crippen LogP contribution is 2.18. The molecule has 0 saturated carbocycles. The Morgan fingerprint density at radius 2 is 0.623 bits per heavy atom. The second-order valence-electron chi connectivity index (χ2n) is 19.3. The number of hydrogen-bond donors (Lipinski definition) is 2. The summed E-state index contributed by atoms with van der Waals surface area (Å²) in [6.07, 6.45) is 55.0. The lowest BCUT2D eigenvalue weighted by molar-refractivity contribution is -0.109. The monoisotopic (exact) mass is 863 g/mol. The molecule has 5 nitrogen and oxygen atoms in total. The first kappa shape index (κ1) is 62.4. The fourth-order valence-corrected chi connectivity index (χ4v) is 8.92. The van der Waals surface area contributed by atoms with Crippen LogP contribution in [0.5, 0.6) is 0 Å². The minimum Gasteiger partial charge on any atom is -0.359 e. The third-order valence-corrected chi connectivity index (χ3v) is 13.2. The van der Waals surface area contributed by atoms with Gasteiger partial charge in [-0.05, 0) is 90.1 Å². The van der Waals surface area contributed by atoms with E-state index in [0.29, 0.717) is 0 Å². The van der Waals surface area contributed by atoms with Crippen LogP contribution in [-0.2, 0) is 4.79 Å². The van der Waals surface area contributed by atoms with E-state index in [2.05, 4.69) is 62.0 Å². The van der Waals surface area contributed by atoms with E-state index in [1.807, 2.05) is 0 Å². The van der Waals surface area contributed by atoms with Crippen LogP contribution in [0.4, 0.5) is 0 Å². The Morgan fingerprint density at radius 1 is 0.311 bits per heavy atom. The van der Waals surface area contributed by atoms with Gasteiger partial charge in [0, 0.05) is 19.6 Å². The van der Waals surface area contributed by atoms with E-state index < -0.39 is 0 Å². The first-order valence-electron chi connectivity index (χ1n) is 28.4. The lowest BCUT2D eigenvalue weighted by atomic mass is 9.95. The summed E-state index contributed by atoms with van der Waals surface area (Å²) < 4.78 is 0. The van der Waals surface area contributed by atoms with Crippen molar-refractivity contribution in [3.05, 3.63) is 0 Å². The molecule has 0 radical (unpaired) electrons. The van der Waals surface area contributed by atoms with E-state index in [9.17, 15) is 4.79 Å². The summed E-state index contributed by atoms with van der Waals surface area (Å²) in [6.45, 7) is 24.7. The average Bonchev–Trinajstić information content (AvgIpc) is 3.27. The zero-order valence-electron chi connectivity index (χ0n) is 43.4. The molecule has 1 unspecified atom stereocenters. The minimum absolute atomic E-state index is 0.732. The zero-order chi connectivity index (χ0) is 44.8. The van der Waals surface area contributed by atoms with E-state index in [0.717, 1.165) is 25.3 Å². The number of carbonyl (C=O) groups excluding carboxylic acids is 1. The van der Waals surface area contributed by atoms with Crippen LogP contribution in [0, 0.1) is 5.92 Å². The Balaban J connectivity index is 0. The Bertz CT molecular complexity index is 731. The number of nitrogens with zero attached hydrogens (tertiary/aromatic N) is 2. The molecule has 0 aliphatic rings. The van der Waals surface area contributed by atoms with Crippen LogP contribution in [0.25, 0.3) is 0 Å². The second-order valence-corrected chi connectivity index (χ2v) is 19.3. The van der Waals surface area contributed by atoms with Crippen molar-refractivity contribution in [3.63, 3.8) is 0 Å². The van der Waals surface area contributed by atoms with E-state index in [4.69, 9.17) is 0 Å². The van der Waals surface area contributed by atoms with Gasteiger partial charge in [-0.25, -0.2) is 0 Å². The van der Waals surface area contributed by atoms with Gasteiger partial charge in [-0.3, -0.25) is 4.79 Å². The molecule has 0 aromatic carbocycles. The maximum atomic E-state index is 10.8. The minimum atomic E-state index is 0.732. The lowest BCUT2D eigenvalue weighted by Crippen LogP contribution is -2.38.